The van der Waals surface area contributed by atoms with Crippen molar-refractivity contribution < 1.29 is 19.8 Å². The Kier molecular flexibility index (Phi) is 6.04. The molecule has 0 aromatic heterocycles. The number of rotatable bonds is 5. The lowest BCUT2D eigenvalue weighted by molar-refractivity contribution is -0.139. The Morgan fingerprint density at radius 1 is 1.42 bits per heavy atom. The fourth-order valence-electron chi connectivity index (χ4n) is 2.19. The number of piperidine rings is 1. The molecule has 2 amide bonds. The molecule has 0 aromatic carbocycles. The van der Waals surface area contributed by atoms with Crippen LogP contribution in [0.1, 0.15) is 19.3 Å². The van der Waals surface area contributed by atoms with Crippen LogP contribution in [0.3, 0.4) is 0 Å². The molecule has 1 unspecified atom stereocenters. The van der Waals surface area contributed by atoms with Crippen molar-refractivity contribution in [2.75, 3.05) is 33.8 Å². The number of aliphatic hydroxyl groups is 1. The molecule has 0 spiro atoms. The SMILES string of the molecule is CN1CCC(N(C)C(=O)NC(CCO)C(=O)O)CC1. The molecular weight excluding hydrogens is 250 g/mol. The van der Waals surface area contributed by atoms with Crippen LogP contribution in [0.4, 0.5) is 4.79 Å². The van der Waals surface area contributed by atoms with Crippen LogP contribution in [0, 0.1) is 0 Å². The fourth-order valence-corrected chi connectivity index (χ4v) is 2.19. The van der Waals surface area contributed by atoms with Gasteiger partial charge in [-0.2, -0.15) is 0 Å². The van der Waals surface area contributed by atoms with Crippen molar-refractivity contribution in [3.05, 3.63) is 0 Å². The number of carbonyl (C=O) groups is 2. The van der Waals surface area contributed by atoms with Crippen molar-refractivity contribution >= 4 is 12.0 Å². The number of hydrogen-bond donors (Lipinski definition) is 3. The van der Waals surface area contributed by atoms with Crippen molar-refractivity contribution in [2.45, 2.75) is 31.3 Å². The predicted molar refractivity (Wildman–Crippen MR) is 69.9 cm³/mol. The number of aliphatic carboxylic acids is 1. The maximum Gasteiger partial charge on any atom is 0.326 e. The molecule has 110 valence electrons. The lowest BCUT2D eigenvalue weighted by Crippen LogP contribution is -2.52. The molecule has 1 rings (SSSR count). The van der Waals surface area contributed by atoms with Gasteiger partial charge in [-0.1, -0.05) is 0 Å². The Hall–Kier alpha value is -1.34. The van der Waals surface area contributed by atoms with Crippen molar-refractivity contribution in [2.24, 2.45) is 0 Å². The average molecular weight is 273 g/mol. The summed E-state index contributed by atoms with van der Waals surface area (Å²) in [6.07, 6.45) is 1.79. The summed E-state index contributed by atoms with van der Waals surface area (Å²) >= 11 is 0. The Morgan fingerprint density at radius 3 is 2.47 bits per heavy atom. The minimum Gasteiger partial charge on any atom is -0.480 e. The average Bonchev–Trinajstić information content (AvgIpc) is 2.38. The summed E-state index contributed by atoms with van der Waals surface area (Å²) < 4.78 is 0. The zero-order chi connectivity index (χ0) is 14.4. The Labute approximate surface area is 113 Å². The molecule has 19 heavy (non-hydrogen) atoms. The van der Waals surface area contributed by atoms with Gasteiger partial charge in [0.15, 0.2) is 0 Å². The number of nitrogens with one attached hydrogen (secondary N) is 1. The monoisotopic (exact) mass is 273 g/mol. The minimum absolute atomic E-state index is 0.0162. The van der Waals surface area contributed by atoms with Gasteiger partial charge in [-0.15, -0.1) is 0 Å². The fraction of sp³-hybridized carbons (Fsp3) is 0.833. The highest BCUT2D eigenvalue weighted by Crippen LogP contribution is 2.14. The molecule has 1 atom stereocenters. The van der Waals surface area contributed by atoms with Crippen LogP contribution in [0.25, 0.3) is 0 Å². The number of carboxylic acid groups (broad SMARTS) is 1. The summed E-state index contributed by atoms with van der Waals surface area (Å²) in [7, 11) is 3.72. The Balaban J connectivity index is 2.49. The van der Waals surface area contributed by atoms with Gasteiger partial charge >= 0.3 is 12.0 Å². The maximum absolute atomic E-state index is 12.0. The molecule has 7 nitrogen and oxygen atoms in total. The highest BCUT2D eigenvalue weighted by atomic mass is 16.4. The summed E-state index contributed by atoms with van der Waals surface area (Å²) in [5.41, 5.74) is 0. The molecule has 1 aliphatic heterocycles. The molecule has 0 aliphatic carbocycles. The summed E-state index contributed by atoms with van der Waals surface area (Å²) in [4.78, 5) is 26.7. The summed E-state index contributed by atoms with van der Waals surface area (Å²) in [5.74, 6) is -1.13. The quantitative estimate of drug-likeness (QED) is 0.631. The molecule has 1 saturated heterocycles. The van der Waals surface area contributed by atoms with Crippen molar-refractivity contribution in [3.63, 3.8) is 0 Å². The van der Waals surface area contributed by atoms with Gasteiger partial charge in [0.2, 0.25) is 0 Å². The van der Waals surface area contributed by atoms with E-state index < -0.39 is 18.0 Å². The van der Waals surface area contributed by atoms with E-state index in [1.54, 1.807) is 11.9 Å². The molecule has 3 N–H and O–H groups in total. The zero-order valence-corrected chi connectivity index (χ0v) is 11.5. The Bertz CT molecular complexity index is 316. The standard InChI is InChI=1S/C12H23N3O4/c1-14-6-3-9(4-7-14)15(2)12(19)13-10(5-8-16)11(17)18/h9-10,16H,3-8H2,1-2H3,(H,13,19)(H,17,18). The molecular formula is C12H23N3O4. The lowest BCUT2D eigenvalue weighted by atomic mass is 10.0. The van der Waals surface area contributed by atoms with Gasteiger partial charge in [0.25, 0.3) is 0 Å². The second kappa shape index (κ2) is 7.30. The topological polar surface area (TPSA) is 93.1 Å². The smallest absolute Gasteiger partial charge is 0.326 e. The van der Waals surface area contributed by atoms with Crippen molar-refractivity contribution in [3.8, 4) is 0 Å². The number of nitrogens with zero attached hydrogens (tertiary/aromatic N) is 2. The van der Waals surface area contributed by atoms with Crippen LogP contribution in [-0.2, 0) is 4.79 Å². The van der Waals surface area contributed by atoms with Crippen LogP contribution >= 0.6 is 0 Å². The van der Waals surface area contributed by atoms with E-state index in [0.717, 1.165) is 25.9 Å². The number of urea groups is 1. The molecule has 1 fully saturated rings. The third-order valence-electron chi connectivity index (χ3n) is 3.57. The van der Waals surface area contributed by atoms with E-state index in [1.165, 1.54) is 0 Å². The number of carbonyl (C=O) groups excluding carboxylic acids is 1. The van der Waals surface area contributed by atoms with E-state index in [0.29, 0.717) is 0 Å². The lowest BCUT2D eigenvalue weighted by Gasteiger charge is -2.35. The van der Waals surface area contributed by atoms with E-state index in [9.17, 15) is 9.59 Å². The predicted octanol–water partition coefficient (Wildman–Crippen LogP) is -0.442. The van der Waals surface area contributed by atoms with E-state index in [4.69, 9.17) is 10.2 Å². The summed E-state index contributed by atoms with van der Waals surface area (Å²) in [6, 6.07) is -1.29. The third-order valence-corrected chi connectivity index (χ3v) is 3.57. The molecule has 1 aliphatic rings. The second-order valence-corrected chi connectivity index (χ2v) is 5.00. The number of likely N-dealkylation sites (tertiary alicyclic amines) is 1. The first-order valence-corrected chi connectivity index (χ1v) is 6.51. The number of aliphatic hydroxyl groups excluding tert-OH is 1. The molecule has 0 radical (unpaired) electrons. The summed E-state index contributed by atoms with van der Waals surface area (Å²) in [5, 5.41) is 20.1. The van der Waals surface area contributed by atoms with Gasteiger partial charge in [0.05, 0.1) is 0 Å². The summed E-state index contributed by atoms with van der Waals surface area (Å²) in [6.45, 7) is 1.59. The number of hydrogen-bond acceptors (Lipinski definition) is 4. The van der Waals surface area contributed by atoms with E-state index in [2.05, 4.69) is 10.2 Å². The van der Waals surface area contributed by atoms with Crippen molar-refractivity contribution in [1.82, 2.24) is 15.1 Å². The third kappa shape index (κ3) is 4.68. The van der Waals surface area contributed by atoms with Crippen LogP contribution in [0.15, 0.2) is 0 Å². The first-order valence-electron chi connectivity index (χ1n) is 6.51. The zero-order valence-electron chi connectivity index (χ0n) is 11.5. The molecule has 1 heterocycles. The van der Waals surface area contributed by atoms with Gasteiger partial charge in [-0.25, -0.2) is 9.59 Å². The number of carboxylic acids is 1. The van der Waals surface area contributed by atoms with Gasteiger partial charge < -0.3 is 25.3 Å². The molecule has 0 bridgehead atoms. The van der Waals surface area contributed by atoms with E-state index in [-0.39, 0.29) is 19.1 Å². The van der Waals surface area contributed by atoms with Gasteiger partial charge in [-0.05, 0) is 33.0 Å². The van der Waals surface area contributed by atoms with Crippen molar-refractivity contribution in [1.29, 1.82) is 0 Å². The maximum atomic E-state index is 12.0. The van der Waals surface area contributed by atoms with Crippen LogP contribution in [-0.4, -0.2) is 77.9 Å². The first-order chi connectivity index (χ1) is 8.95. The second-order valence-electron chi connectivity index (χ2n) is 5.00. The van der Waals surface area contributed by atoms with Gasteiger partial charge in [-0.3, -0.25) is 0 Å². The minimum atomic E-state index is -1.13. The van der Waals surface area contributed by atoms with Crippen LogP contribution in [0.5, 0.6) is 0 Å². The number of amides is 2. The highest BCUT2D eigenvalue weighted by Gasteiger charge is 2.27. The molecule has 0 saturated carbocycles. The Morgan fingerprint density at radius 2 is 2.00 bits per heavy atom. The molecule has 0 aromatic rings. The normalized spacial score (nSPS) is 18.9. The van der Waals surface area contributed by atoms with Gasteiger partial charge in [0, 0.05) is 26.1 Å². The largest absolute Gasteiger partial charge is 0.480 e. The highest BCUT2D eigenvalue weighted by molar-refractivity contribution is 5.82. The first kappa shape index (κ1) is 15.7. The van der Waals surface area contributed by atoms with Crippen LogP contribution in [0.2, 0.25) is 0 Å². The van der Waals surface area contributed by atoms with E-state index >= 15 is 0 Å². The van der Waals surface area contributed by atoms with Gasteiger partial charge in [0.1, 0.15) is 6.04 Å². The molecule has 7 heteroatoms. The van der Waals surface area contributed by atoms with E-state index in [1.807, 2.05) is 7.05 Å². The van der Waals surface area contributed by atoms with Crippen LogP contribution < -0.4 is 5.32 Å².